The van der Waals surface area contributed by atoms with Gasteiger partial charge in [-0.05, 0) is 55.8 Å². The van der Waals surface area contributed by atoms with Crippen molar-refractivity contribution in [3.8, 4) is 5.75 Å². The molecule has 0 fully saturated rings. The van der Waals surface area contributed by atoms with Crippen molar-refractivity contribution in [2.75, 3.05) is 5.75 Å². The molecule has 0 radical (unpaired) electrons. The quantitative estimate of drug-likeness (QED) is 0.453. The zero-order valence-corrected chi connectivity index (χ0v) is 18.2. The Morgan fingerprint density at radius 2 is 1.86 bits per heavy atom. The van der Waals surface area contributed by atoms with Crippen LogP contribution in [0.15, 0.2) is 62.6 Å². The lowest BCUT2D eigenvalue weighted by Crippen LogP contribution is -2.28. The van der Waals surface area contributed by atoms with Gasteiger partial charge in [-0.15, -0.1) is 10.2 Å². The summed E-state index contributed by atoms with van der Waals surface area (Å²) in [6, 6.07) is 13.3. The highest BCUT2D eigenvalue weighted by Crippen LogP contribution is 2.24. The van der Waals surface area contributed by atoms with Gasteiger partial charge in [0.15, 0.2) is 6.10 Å². The molecule has 1 heterocycles. The molecule has 0 unspecified atom stereocenters. The van der Waals surface area contributed by atoms with Crippen LogP contribution in [-0.4, -0.2) is 21.9 Å². The minimum Gasteiger partial charge on any atom is -0.481 e. The molecule has 0 aliphatic heterocycles. The second-order valence-corrected chi connectivity index (χ2v) is 8.09. The van der Waals surface area contributed by atoms with Crippen LogP contribution < -0.4 is 10.1 Å². The van der Waals surface area contributed by atoms with Gasteiger partial charge >= 0.3 is 0 Å². The van der Waals surface area contributed by atoms with Crippen LogP contribution in [0.1, 0.15) is 37.4 Å². The van der Waals surface area contributed by atoms with Crippen LogP contribution in [0.5, 0.6) is 5.75 Å². The summed E-state index contributed by atoms with van der Waals surface area (Å²) in [7, 11) is 0. The van der Waals surface area contributed by atoms with Crippen LogP contribution in [0.3, 0.4) is 0 Å². The number of nitrogens with one attached hydrogen (secondary N) is 1. The monoisotopic (exact) mass is 479 g/mol. The third-order valence-corrected chi connectivity index (χ3v) is 5.32. The van der Waals surface area contributed by atoms with Crippen molar-refractivity contribution in [2.45, 2.75) is 31.2 Å². The second-order valence-electron chi connectivity index (χ2n) is 6.25. The van der Waals surface area contributed by atoms with E-state index in [0.717, 1.165) is 21.8 Å². The summed E-state index contributed by atoms with van der Waals surface area (Å²) in [4.78, 5) is 12.2. The number of hydrogen-bond donors (Lipinski definition) is 1. The first-order chi connectivity index (χ1) is 13.9. The number of carbonyl (C=O) groups is 1. The minimum absolute atomic E-state index is 0.112. The maximum absolute atomic E-state index is 13.0. The summed E-state index contributed by atoms with van der Waals surface area (Å²) in [5, 5.41) is 11.1. The predicted octanol–water partition coefficient (Wildman–Crippen LogP) is 5.08. The molecule has 1 amide bonds. The number of carbonyl (C=O) groups excluding carboxylic acids is 1. The lowest BCUT2D eigenvalue weighted by molar-refractivity contribution is -0.119. The zero-order chi connectivity index (χ0) is 20.8. The summed E-state index contributed by atoms with van der Waals surface area (Å²) in [5.41, 5.74) is 1.01. The van der Waals surface area contributed by atoms with Crippen molar-refractivity contribution in [3.63, 3.8) is 0 Å². The van der Waals surface area contributed by atoms with Crippen molar-refractivity contribution in [1.82, 2.24) is 15.5 Å². The molecule has 0 saturated carbocycles. The predicted molar refractivity (Wildman–Crippen MR) is 111 cm³/mol. The molecular weight excluding hydrogens is 461 g/mol. The molecule has 3 aromatic rings. The Labute approximate surface area is 180 Å². The molecule has 0 saturated heterocycles. The van der Waals surface area contributed by atoms with Crippen LogP contribution >= 0.6 is 27.7 Å². The van der Waals surface area contributed by atoms with E-state index >= 15 is 0 Å². The Morgan fingerprint density at radius 3 is 2.55 bits per heavy atom. The van der Waals surface area contributed by atoms with E-state index in [2.05, 4.69) is 31.4 Å². The highest BCUT2D eigenvalue weighted by molar-refractivity contribution is 9.10. The molecule has 0 spiro atoms. The molecule has 2 aromatic carbocycles. The summed E-state index contributed by atoms with van der Waals surface area (Å²) in [6.07, 6.45) is -0.506. The number of aromatic nitrogens is 2. The summed E-state index contributed by atoms with van der Waals surface area (Å²) in [6.45, 7) is 3.67. The van der Waals surface area contributed by atoms with E-state index in [4.69, 9.17) is 9.15 Å². The van der Waals surface area contributed by atoms with Gasteiger partial charge in [-0.2, -0.15) is 0 Å². The van der Waals surface area contributed by atoms with Gasteiger partial charge in [0.05, 0.1) is 11.8 Å². The zero-order valence-electron chi connectivity index (χ0n) is 15.8. The molecule has 3 rings (SSSR count). The molecule has 0 aliphatic carbocycles. The van der Waals surface area contributed by atoms with Crippen LogP contribution in [0, 0.1) is 5.82 Å². The largest absolute Gasteiger partial charge is 0.481 e. The number of rotatable bonds is 8. The Hall–Kier alpha value is -2.39. The van der Waals surface area contributed by atoms with Crippen LogP contribution in [-0.2, 0) is 4.79 Å². The molecular formula is C20H19BrFN3O3S. The molecule has 0 aliphatic rings. The summed E-state index contributed by atoms with van der Waals surface area (Å²) >= 11 is 4.54. The molecule has 2 atom stereocenters. The van der Waals surface area contributed by atoms with Gasteiger partial charge in [0, 0.05) is 4.47 Å². The van der Waals surface area contributed by atoms with E-state index in [1.165, 1.54) is 24.3 Å². The average molecular weight is 480 g/mol. The van der Waals surface area contributed by atoms with E-state index < -0.39 is 6.10 Å². The Balaban J connectivity index is 1.48. The SMILES string of the molecule is C[C@H](Oc1ccc(F)cc1)c1nnc(SCC(=O)N[C@H](C)c2ccc(Br)cc2)o1. The molecule has 1 aromatic heterocycles. The lowest BCUT2D eigenvalue weighted by atomic mass is 10.1. The molecule has 0 bridgehead atoms. The topological polar surface area (TPSA) is 77.2 Å². The molecule has 9 heteroatoms. The van der Waals surface area contributed by atoms with Crippen molar-refractivity contribution in [1.29, 1.82) is 0 Å². The highest BCUT2D eigenvalue weighted by Gasteiger charge is 2.17. The maximum atomic E-state index is 13.0. The van der Waals surface area contributed by atoms with Gasteiger partial charge in [0.25, 0.3) is 11.1 Å². The fourth-order valence-electron chi connectivity index (χ4n) is 2.46. The number of halogens is 2. The van der Waals surface area contributed by atoms with Gasteiger partial charge in [-0.1, -0.05) is 39.8 Å². The average Bonchev–Trinajstić information content (AvgIpc) is 3.18. The Bertz CT molecular complexity index is 950. The van der Waals surface area contributed by atoms with Gasteiger partial charge in [-0.3, -0.25) is 4.79 Å². The van der Waals surface area contributed by atoms with Gasteiger partial charge in [0.2, 0.25) is 5.91 Å². The van der Waals surface area contributed by atoms with E-state index in [1.807, 2.05) is 31.2 Å². The van der Waals surface area contributed by atoms with Crippen LogP contribution in [0.25, 0.3) is 0 Å². The van der Waals surface area contributed by atoms with E-state index in [0.29, 0.717) is 5.75 Å². The number of benzene rings is 2. The van der Waals surface area contributed by atoms with Crippen LogP contribution in [0.2, 0.25) is 0 Å². The van der Waals surface area contributed by atoms with Gasteiger partial charge in [0.1, 0.15) is 11.6 Å². The van der Waals surface area contributed by atoms with Gasteiger partial charge < -0.3 is 14.5 Å². The third-order valence-electron chi connectivity index (χ3n) is 3.97. The normalized spacial score (nSPS) is 13.0. The molecule has 1 N–H and O–H groups in total. The Morgan fingerprint density at radius 1 is 1.17 bits per heavy atom. The minimum atomic E-state index is -0.506. The van der Waals surface area contributed by atoms with E-state index in [1.54, 1.807) is 6.92 Å². The fourth-order valence-corrected chi connectivity index (χ4v) is 3.30. The smallest absolute Gasteiger partial charge is 0.277 e. The number of hydrogen-bond acceptors (Lipinski definition) is 6. The number of ether oxygens (including phenoxy) is 1. The second kappa shape index (κ2) is 9.89. The maximum Gasteiger partial charge on any atom is 0.277 e. The third kappa shape index (κ3) is 6.30. The molecule has 6 nitrogen and oxygen atoms in total. The number of amides is 1. The van der Waals surface area contributed by atoms with Crippen molar-refractivity contribution >= 4 is 33.6 Å². The van der Waals surface area contributed by atoms with Crippen molar-refractivity contribution in [3.05, 3.63) is 70.3 Å². The first kappa shape index (κ1) is 21.3. The highest BCUT2D eigenvalue weighted by atomic mass is 79.9. The Kier molecular flexibility index (Phi) is 7.27. The number of nitrogens with zero attached hydrogens (tertiary/aromatic N) is 2. The van der Waals surface area contributed by atoms with Gasteiger partial charge in [-0.25, -0.2) is 4.39 Å². The van der Waals surface area contributed by atoms with Crippen molar-refractivity contribution in [2.24, 2.45) is 0 Å². The first-order valence-corrected chi connectivity index (χ1v) is 10.6. The van der Waals surface area contributed by atoms with E-state index in [9.17, 15) is 9.18 Å². The van der Waals surface area contributed by atoms with E-state index in [-0.39, 0.29) is 34.6 Å². The molecule has 152 valence electrons. The van der Waals surface area contributed by atoms with Crippen LogP contribution in [0.4, 0.5) is 4.39 Å². The lowest BCUT2D eigenvalue weighted by Gasteiger charge is -2.14. The summed E-state index contributed by atoms with van der Waals surface area (Å²) < 4.78 is 25.1. The van der Waals surface area contributed by atoms with Crippen molar-refractivity contribution < 1.29 is 18.3 Å². The number of thioether (sulfide) groups is 1. The standard InChI is InChI=1S/C20H19BrFN3O3S/c1-12(14-3-5-15(21)6-4-14)23-18(26)11-29-20-25-24-19(28-20)13(2)27-17-9-7-16(22)8-10-17/h3-10,12-13H,11H2,1-2H3,(H,23,26)/t12-,13+/m1/s1. The fraction of sp³-hybridized carbons (Fsp3) is 0.250. The summed E-state index contributed by atoms with van der Waals surface area (Å²) in [5.74, 6) is 0.443. The molecule has 29 heavy (non-hydrogen) atoms. The first-order valence-electron chi connectivity index (χ1n) is 8.84.